The fourth-order valence-electron chi connectivity index (χ4n) is 2.38. The van der Waals surface area contributed by atoms with E-state index in [1.807, 2.05) is 0 Å². The van der Waals surface area contributed by atoms with Crippen molar-refractivity contribution >= 4 is 17.4 Å². The van der Waals surface area contributed by atoms with Crippen LogP contribution in [0, 0.1) is 15.9 Å². The van der Waals surface area contributed by atoms with Gasteiger partial charge in [0.15, 0.2) is 5.82 Å². The number of halogens is 1. The van der Waals surface area contributed by atoms with Gasteiger partial charge in [0.2, 0.25) is 0 Å². The summed E-state index contributed by atoms with van der Waals surface area (Å²) >= 11 is 0. The van der Waals surface area contributed by atoms with Gasteiger partial charge in [-0.25, -0.2) is 4.39 Å². The molecule has 0 aliphatic heterocycles. The second-order valence-electron chi connectivity index (χ2n) is 6.44. The van der Waals surface area contributed by atoms with Gasteiger partial charge in [0.1, 0.15) is 23.7 Å². The summed E-state index contributed by atoms with van der Waals surface area (Å²) in [6.45, 7) is 3.61. The van der Waals surface area contributed by atoms with E-state index in [9.17, 15) is 19.3 Å². The van der Waals surface area contributed by atoms with Gasteiger partial charge in [0.05, 0.1) is 11.5 Å². The van der Waals surface area contributed by atoms with Gasteiger partial charge in [-0.15, -0.1) is 0 Å². The largest absolute Gasteiger partial charge is 0.307 e. The second kappa shape index (κ2) is 6.98. The summed E-state index contributed by atoms with van der Waals surface area (Å²) in [5.74, 6) is -0.405. The summed E-state index contributed by atoms with van der Waals surface area (Å²) in [5.41, 5.74) is -0.490. The smallest absolute Gasteiger partial charge is 0.307 e. The number of amides is 1. The van der Waals surface area contributed by atoms with Crippen LogP contribution in [0.3, 0.4) is 0 Å². The van der Waals surface area contributed by atoms with Gasteiger partial charge in [-0.05, 0) is 31.5 Å². The van der Waals surface area contributed by atoms with E-state index in [1.54, 1.807) is 42.9 Å². The lowest BCUT2D eigenvalue weighted by Crippen LogP contribution is -2.40. The standard InChI is InChI=1S/C17H17FN6O3/c1-17(2,23-11-14(9-19-23)24(26)27)16(25)20-15-7-8-22(21-15)10-12-3-5-13(18)6-4-12/h3-9,11H,10H2,1-2H3,(H,20,21,25). The van der Waals surface area contributed by atoms with Crippen molar-refractivity contribution in [2.75, 3.05) is 5.32 Å². The summed E-state index contributed by atoms with van der Waals surface area (Å²) in [5, 5.41) is 21.6. The number of aromatic nitrogens is 4. The lowest BCUT2D eigenvalue weighted by molar-refractivity contribution is -0.385. The van der Waals surface area contributed by atoms with Gasteiger partial charge < -0.3 is 5.32 Å². The molecule has 0 saturated carbocycles. The average molecular weight is 372 g/mol. The molecule has 2 aromatic heterocycles. The van der Waals surface area contributed by atoms with Crippen LogP contribution in [-0.4, -0.2) is 30.4 Å². The molecule has 0 spiro atoms. The monoisotopic (exact) mass is 372 g/mol. The summed E-state index contributed by atoms with van der Waals surface area (Å²) in [6, 6.07) is 7.68. The minimum Gasteiger partial charge on any atom is -0.307 e. The number of anilines is 1. The van der Waals surface area contributed by atoms with Crippen LogP contribution >= 0.6 is 0 Å². The Morgan fingerprint density at radius 3 is 2.63 bits per heavy atom. The van der Waals surface area contributed by atoms with Crippen molar-refractivity contribution in [3.63, 3.8) is 0 Å². The molecule has 9 nitrogen and oxygen atoms in total. The number of carbonyl (C=O) groups excluding carboxylic acids is 1. The Bertz CT molecular complexity index is 977. The molecule has 140 valence electrons. The molecular formula is C17H17FN6O3. The van der Waals surface area contributed by atoms with Crippen molar-refractivity contribution in [2.24, 2.45) is 0 Å². The number of nitrogens with zero attached hydrogens (tertiary/aromatic N) is 5. The van der Waals surface area contributed by atoms with E-state index < -0.39 is 16.4 Å². The van der Waals surface area contributed by atoms with E-state index in [-0.39, 0.29) is 11.5 Å². The zero-order chi connectivity index (χ0) is 19.6. The third-order valence-electron chi connectivity index (χ3n) is 4.05. The number of hydrogen-bond donors (Lipinski definition) is 1. The van der Waals surface area contributed by atoms with Gasteiger partial charge in [0.25, 0.3) is 5.91 Å². The zero-order valence-corrected chi connectivity index (χ0v) is 14.7. The van der Waals surface area contributed by atoms with E-state index in [0.29, 0.717) is 12.4 Å². The van der Waals surface area contributed by atoms with Gasteiger partial charge in [-0.1, -0.05) is 12.1 Å². The van der Waals surface area contributed by atoms with E-state index in [0.717, 1.165) is 11.8 Å². The summed E-state index contributed by atoms with van der Waals surface area (Å²) in [6.07, 6.45) is 3.98. The van der Waals surface area contributed by atoms with Crippen molar-refractivity contribution in [1.82, 2.24) is 19.6 Å². The van der Waals surface area contributed by atoms with Crippen LogP contribution in [0.2, 0.25) is 0 Å². The molecule has 0 aliphatic rings. The van der Waals surface area contributed by atoms with E-state index in [2.05, 4.69) is 15.5 Å². The highest BCUT2D eigenvalue weighted by molar-refractivity contribution is 5.95. The fraction of sp³-hybridized carbons (Fsp3) is 0.235. The fourth-order valence-corrected chi connectivity index (χ4v) is 2.38. The number of benzene rings is 1. The van der Waals surface area contributed by atoms with Gasteiger partial charge >= 0.3 is 5.69 Å². The molecule has 0 saturated heterocycles. The predicted octanol–water partition coefficient (Wildman–Crippen LogP) is 2.55. The molecule has 0 radical (unpaired) electrons. The zero-order valence-electron chi connectivity index (χ0n) is 14.7. The first-order chi connectivity index (χ1) is 12.8. The van der Waals surface area contributed by atoms with Crippen molar-refractivity contribution in [1.29, 1.82) is 0 Å². The molecule has 3 aromatic rings. The molecule has 0 fully saturated rings. The van der Waals surface area contributed by atoms with Crippen LogP contribution in [0.1, 0.15) is 19.4 Å². The lowest BCUT2D eigenvalue weighted by Gasteiger charge is -2.23. The maximum Gasteiger partial charge on any atom is 0.307 e. The summed E-state index contributed by atoms with van der Waals surface area (Å²) in [7, 11) is 0. The Morgan fingerprint density at radius 2 is 2.00 bits per heavy atom. The third kappa shape index (κ3) is 4.00. The summed E-state index contributed by atoms with van der Waals surface area (Å²) < 4.78 is 15.8. The Labute approximate surface area is 153 Å². The Kier molecular flexibility index (Phi) is 4.72. The third-order valence-corrected chi connectivity index (χ3v) is 4.05. The lowest BCUT2D eigenvalue weighted by atomic mass is 10.1. The average Bonchev–Trinajstić information content (AvgIpc) is 3.27. The summed E-state index contributed by atoms with van der Waals surface area (Å²) in [4.78, 5) is 22.8. The van der Waals surface area contributed by atoms with Gasteiger partial charge in [-0.2, -0.15) is 10.2 Å². The molecule has 0 unspecified atom stereocenters. The molecular weight excluding hydrogens is 355 g/mol. The number of nitrogens with one attached hydrogen (secondary N) is 1. The number of nitro groups is 1. The van der Waals surface area contributed by atoms with Crippen LogP contribution in [0.15, 0.2) is 48.9 Å². The maximum absolute atomic E-state index is 13.0. The topological polar surface area (TPSA) is 108 Å². The van der Waals surface area contributed by atoms with Crippen LogP contribution < -0.4 is 5.32 Å². The van der Waals surface area contributed by atoms with E-state index in [1.165, 1.54) is 23.0 Å². The van der Waals surface area contributed by atoms with Gasteiger partial charge in [0, 0.05) is 12.3 Å². The minimum absolute atomic E-state index is 0.195. The molecule has 0 atom stereocenters. The second-order valence-corrected chi connectivity index (χ2v) is 6.44. The normalized spacial score (nSPS) is 11.4. The van der Waals surface area contributed by atoms with Crippen LogP contribution in [0.25, 0.3) is 0 Å². The first-order valence-electron chi connectivity index (χ1n) is 8.04. The molecule has 27 heavy (non-hydrogen) atoms. The van der Waals surface area contributed by atoms with Crippen molar-refractivity contribution in [3.05, 3.63) is 70.4 Å². The van der Waals surface area contributed by atoms with Crippen LogP contribution in [0.4, 0.5) is 15.9 Å². The molecule has 2 heterocycles. The number of carbonyl (C=O) groups is 1. The first kappa shape index (κ1) is 18.2. The van der Waals surface area contributed by atoms with Gasteiger partial charge in [-0.3, -0.25) is 24.3 Å². The molecule has 0 bridgehead atoms. The molecule has 1 N–H and O–H groups in total. The van der Waals surface area contributed by atoms with E-state index in [4.69, 9.17) is 0 Å². The molecule has 0 aliphatic carbocycles. The molecule has 1 aromatic carbocycles. The number of rotatable bonds is 6. The SMILES string of the molecule is CC(C)(C(=O)Nc1ccn(Cc2ccc(F)cc2)n1)n1cc([N+](=O)[O-])cn1. The minimum atomic E-state index is -1.16. The predicted molar refractivity (Wildman–Crippen MR) is 94.6 cm³/mol. The molecule has 3 rings (SSSR count). The van der Waals surface area contributed by atoms with Crippen LogP contribution in [-0.2, 0) is 16.9 Å². The highest BCUT2D eigenvalue weighted by Crippen LogP contribution is 2.20. The quantitative estimate of drug-likeness (QED) is 0.528. The number of hydrogen-bond acceptors (Lipinski definition) is 5. The highest BCUT2D eigenvalue weighted by Gasteiger charge is 2.32. The van der Waals surface area contributed by atoms with Crippen molar-refractivity contribution in [2.45, 2.75) is 25.9 Å². The van der Waals surface area contributed by atoms with E-state index >= 15 is 0 Å². The van der Waals surface area contributed by atoms with Crippen molar-refractivity contribution < 1.29 is 14.1 Å². The molecule has 10 heteroatoms. The highest BCUT2D eigenvalue weighted by atomic mass is 19.1. The Morgan fingerprint density at radius 1 is 1.30 bits per heavy atom. The Balaban J connectivity index is 1.69. The van der Waals surface area contributed by atoms with Crippen molar-refractivity contribution in [3.8, 4) is 0 Å². The Hall–Kier alpha value is -3.56. The maximum atomic E-state index is 13.0. The molecule has 1 amide bonds. The van der Waals surface area contributed by atoms with Crippen LogP contribution in [0.5, 0.6) is 0 Å². The first-order valence-corrected chi connectivity index (χ1v) is 8.04.